The molecular formula is C132H83N9. The third kappa shape index (κ3) is 13.0. The van der Waals surface area contributed by atoms with Crippen molar-refractivity contribution in [3.63, 3.8) is 0 Å². The van der Waals surface area contributed by atoms with Gasteiger partial charge in [-0.15, -0.1) is 0 Å². The molecule has 0 aliphatic heterocycles. The second-order valence-corrected chi connectivity index (χ2v) is 36.7. The van der Waals surface area contributed by atoms with Gasteiger partial charge in [-0.3, -0.25) is 15.0 Å². The lowest BCUT2D eigenvalue weighted by Crippen LogP contribution is -2.28. The molecule has 6 heterocycles. The number of hydrogen-bond donors (Lipinski definition) is 0. The third-order valence-electron chi connectivity index (χ3n) is 29.4. The van der Waals surface area contributed by atoms with Crippen molar-refractivity contribution in [1.29, 1.82) is 0 Å². The Morgan fingerprint density at radius 3 is 0.738 bits per heavy atom. The smallest absolute Gasteiger partial charge is 0.0973 e. The summed E-state index contributed by atoms with van der Waals surface area (Å²) >= 11 is 0. The van der Waals surface area contributed by atoms with Gasteiger partial charge < -0.3 is 0 Å². The first kappa shape index (κ1) is 81.9. The van der Waals surface area contributed by atoms with Crippen molar-refractivity contribution in [3.05, 3.63) is 571 Å². The van der Waals surface area contributed by atoms with E-state index in [1.165, 1.54) is 128 Å². The highest BCUT2D eigenvalue weighted by atomic mass is 14.9. The molecule has 6 aromatic heterocycles. The average molecular weight is 1800 g/mol. The maximum absolute atomic E-state index is 5.29. The maximum Gasteiger partial charge on any atom is 0.0973 e. The molecule has 24 aromatic rings. The van der Waals surface area contributed by atoms with Crippen molar-refractivity contribution in [2.75, 3.05) is 0 Å². The van der Waals surface area contributed by atoms with Gasteiger partial charge in [0.15, 0.2) is 0 Å². The molecule has 0 radical (unpaired) electrons. The Hall–Kier alpha value is -18.6. The van der Waals surface area contributed by atoms with Gasteiger partial charge in [-0.05, 0) is 248 Å². The van der Waals surface area contributed by atoms with Crippen molar-refractivity contribution < 1.29 is 0 Å². The van der Waals surface area contributed by atoms with E-state index in [0.717, 1.165) is 129 Å². The zero-order valence-electron chi connectivity index (χ0n) is 76.4. The molecule has 0 N–H and O–H groups in total. The van der Waals surface area contributed by atoms with Crippen LogP contribution in [0.2, 0.25) is 0 Å². The summed E-state index contributed by atoms with van der Waals surface area (Å²) < 4.78 is 0. The topological polar surface area (TPSA) is 116 Å². The van der Waals surface area contributed by atoms with Crippen molar-refractivity contribution in [3.8, 4) is 157 Å². The molecule has 0 unspecified atom stereocenters. The van der Waals surface area contributed by atoms with Crippen LogP contribution in [0.5, 0.6) is 0 Å². The summed E-state index contributed by atoms with van der Waals surface area (Å²) in [5, 5.41) is 0. The zero-order chi connectivity index (χ0) is 93.1. The minimum atomic E-state index is -0.564. The molecule has 9 heteroatoms. The highest BCUT2D eigenvalue weighted by Gasteiger charge is 2.55. The molecule has 0 bridgehead atoms. The van der Waals surface area contributed by atoms with E-state index < -0.39 is 16.2 Å². The Bertz CT molecular complexity index is 8250. The summed E-state index contributed by atoms with van der Waals surface area (Å²) in [6.45, 7) is 0. The highest BCUT2D eigenvalue weighted by Crippen LogP contribution is 2.67. The fourth-order valence-corrected chi connectivity index (χ4v) is 23.3. The zero-order valence-corrected chi connectivity index (χ0v) is 76.4. The first-order valence-electron chi connectivity index (χ1n) is 48.0. The SMILES string of the molecule is c1ccc(-c2nc3ccccc3nc2-c2ccc3c(c2)C(c2ccccc2)(c2ccccc2)c2cc(-c4ccccn4)ccc2-3)cc1.c1ccc(-c2nc3ccccc3nc2-c2ccc3c(c2)C2(c4ccccc4-c4ccccc42)c2cc(-c4cccnc4)ccc2-3)cc1.c1ccc(-c2nc3ccccc3nc2-c2ccc3c(c2)C2(c4ccccc4-c4ccccc42)c2cc(-c4ccncc4)ccc2-3)cc1. The normalized spacial score (nSPS) is 13.1. The summed E-state index contributed by atoms with van der Waals surface area (Å²) in [5.41, 5.74) is 50.1. The van der Waals surface area contributed by atoms with Crippen LogP contribution in [0.25, 0.3) is 190 Å². The van der Waals surface area contributed by atoms with Crippen LogP contribution in [-0.2, 0) is 16.2 Å². The molecule has 18 aromatic carbocycles. The fraction of sp³-hybridized carbons (Fsp3) is 0.0227. The Balaban J connectivity index is 0.000000106. The molecule has 656 valence electrons. The lowest BCUT2D eigenvalue weighted by atomic mass is 9.67. The number of fused-ring (bicyclic) bond motifs is 26. The average Bonchev–Trinajstić information content (AvgIpc) is 1.52. The maximum atomic E-state index is 5.29. The van der Waals surface area contributed by atoms with Gasteiger partial charge in [-0.25, -0.2) is 29.9 Å². The Morgan fingerprint density at radius 1 is 0.142 bits per heavy atom. The van der Waals surface area contributed by atoms with E-state index in [1.54, 1.807) is 0 Å². The Morgan fingerprint density at radius 2 is 0.404 bits per heavy atom. The van der Waals surface area contributed by atoms with Crippen LogP contribution in [0.1, 0.15) is 66.8 Å². The predicted octanol–water partition coefficient (Wildman–Crippen LogP) is 31.1. The molecule has 141 heavy (non-hydrogen) atoms. The van der Waals surface area contributed by atoms with Gasteiger partial charge in [0.25, 0.3) is 0 Å². The summed E-state index contributed by atoms with van der Waals surface area (Å²) in [5.74, 6) is 0. The number of nitrogens with zero attached hydrogens (tertiary/aromatic N) is 9. The van der Waals surface area contributed by atoms with Crippen LogP contribution in [-0.4, -0.2) is 44.9 Å². The number of para-hydroxylation sites is 6. The molecular weight excluding hydrogens is 1710 g/mol. The summed E-state index contributed by atoms with van der Waals surface area (Å²) in [7, 11) is 0. The predicted molar refractivity (Wildman–Crippen MR) is 571 cm³/mol. The van der Waals surface area contributed by atoms with E-state index in [4.69, 9.17) is 34.9 Å². The molecule has 5 aliphatic carbocycles. The van der Waals surface area contributed by atoms with E-state index in [0.29, 0.717) is 0 Å². The van der Waals surface area contributed by atoms with Crippen molar-refractivity contribution in [1.82, 2.24) is 44.9 Å². The van der Waals surface area contributed by atoms with Crippen molar-refractivity contribution in [2.45, 2.75) is 16.2 Å². The standard InChI is InChI=1S/2C44H27N3.C44H29N3/c1-2-11-28(12-3-1)42-43(47-41-19-9-8-18-40(41)46-42)30-21-23-35-34-22-20-29(31-13-10-24-45-27-31)25-38(34)44(39(35)26-30)36-16-6-4-14-32(36)33-15-5-7-17-37(33)44;1-2-10-29(11-3-1)42-43(47-41-17-9-8-16-40(41)46-42)31-19-21-35-34-20-18-30(28-22-24-45-25-23-28)26-38(34)44(39(35)27-31)36-14-6-4-12-32(36)33-13-5-7-15-37(33)44;1-4-14-30(15-5-1)42-43(47-41-22-11-10-21-40(41)46-42)32-24-26-36-35-25-23-31(39-20-12-13-27-45-39)28-37(35)44(38(36)29-32,33-16-6-2-7-17-33)34-18-8-3-9-19-34/h2*1-27H;1-29H. The van der Waals surface area contributed by atoms with Gasteiger partial charge >= 0.3 is 0 Å². The summed E-state index contributed by atoms with van der Waals surface area (Å²) in [6, 6.07) is 169. The van der Waals surface area contributed by atoms with E-state index in [9.17, 15) is 0 Å². The molecule has 0 saturated carbocycles. The van der Waals surface area contributed by atoms with Crippen molar-refractivity contribution in [2.24, 2.45) is 0 Å². The number of benzene rings is 18. The Kier molecular flexibility index (Phi) is 19.4. The van der Waals surface area contributed by atoms with E-state index >= 15 is 0 Å². The molecule has 0 saturated heterocycles. The van der Waals surface area contributed by atoms with E-state index in [-0.39, 0.29) is 0 Å². The molecule has 9 nitrogen and oxygen atoms in total. The molecule has 2 spiro atoms. The highest BCUT2D eigenvalue weighted by molar-refractivity contribution is 6.02. The van der Waals surface area contributed by atoms with Gasteiger partial charge in [0.05, 0.1) is 89.2 Å². The lowest BCUT2D eigenvalue weighted by molar-refractivity contribution is 0.769. The first-order valence-corrected chi connectivity index (χ1v) is 48.0. The van der Waals surface area contributed by atoms with E-state index in [1.807, 2.05) is 128 Å². The number of pyridine rings is 3. The van der Waals surface area contributed by atoms with Crippen LogP contribution in [0.4, 0.5) is 0 Å². The molecule has 0 atom stereocenters. The minimum absolute atomic E-state index is 0.478. The number of rotatable bonds is 11. The van der Waals surface area contributed by atoms with E-state index in [2.05, 4.69) is 386 Å². The van der Waals surface area contributed by atoms with Gasteiger partial charge in [-0.2, -0.15) is 0 Å². The Labute approximate surface area is 816 Å². The minimum Gasteiger partial charge on any atom is -0.265 e. The number of hydrogen-bond acceptors (Lipinski definition) is 9. The molecule has 0 fully saturated rings. The quantitative estimate of drug-likeness (QED) is 0.125. The lowest BCUT2D eigenvalue weighted by Gasteiger charge is -2.34. The first-order chi connectivity index (χ1) is 69.9. The van der Waals surface area contributed by atoms with Gasteiger partial charge in [-0.1, -0.05) is 370 Å². The van der Waals surface area contributed by atoms with Crippen LogP contribution in [0.3, 0.4) is 0 Å². The van der Waals surface area contributed by atoms with Gasteiger partial charge in [0.1, 0.15) is 0 Å². The molecule has 0 amide bonds. The summed E-state index contributed by atoms with van der Waals surface area (Å²) in [4.78, 5) is 44.9. The van der Waals surface area contributed by atoms with Crippen LogP contribution in [0, 0.1) is 0 Å². The van der Waals surface area contributed by atoms with Crippen LogP contribution < -0.4 is 0 Å². The molecule has 29 rings (SSSR count). The largest absolute Gasteiger partial charge is 0.265 e. The van der Waals surface area contributed by atoms with Gasteiger partial charge in [0.2, 0.25) is 0 Å². The summed E-state index contributed by atoms with van der Waals surface area (Å²) in [6.07, 6.45) is 9.39. The van der Waals surface area contributed by atoms with Crippen molar-refractivity contribution >= 4 is 33.1 Å². The number of aromatic nitrogens is 9. The van der Waals surface area contributed by atoms with Crippen LogP contribution in [0.15, 0.2) is 504 Å². The van der Waals surface area contributed by atoms with Crippen LogP contribution >= 0.6 is 0 Å². The molecule has 5 aliphatic rings. The monoisotopic (exact) mass is 1790 g/mol. The second-order valence-electron chi connectivity index (χ2n) is 36.7. The van der Waals surface area contributed by atoms with Gasteiger partial charge in [0, 0.05) is 69.9 Å². The second kappa shape index (κ2) is 33.5. The fourth-order valence-electron chi connectivity index (χ4n) is 23.3. The third-order valence-corrected chi connectivity index (χ3v) is 29.4.